The molecule has 1 saturated heterocycles. The summed E-state index contributed by atoms with van der Waals surface area (Å²) in [6.45, 7) is 3.45. The van der Waals surface area contributed by atoms with Crippen LogP contribution in [0.25, 0.3) is 0 Å². The molecule has 112 valence electrons. The van der Waals surface area contributed by atoms with Crippen LogP contribution in [-0.4, -0.2) is 62.1 Å². The Morgan fingerprint density at radius 1 is 1.37 bits per heavy atom. The van der Waals surface area contributed by atoms with Gasteiger partial charge in [-0.25, -0.2) is 4.79 Å². The largest absolute Gasteiger partial charge is 0.503 e. The van der Waals surface area contributed by atoms with Crippen molar-refractivity contribution in [1.29, 1.82) is 0 Å². The van der Waals surface area contributed by atoms with E-state index in [0.29, 0.717) is 26.2 Å². The number of epoxide rings is 1. The molecule has 1 aliphatic heterocycles. The van der Waals surface area contributed by atoms with Crippen LogP contribution in [0.5, 0.6) is 0 Å². The van der Waals surface area contributed by atoms with E-state index in [9.17, 15) is 4.79 Å². The highest BCUT2D eigenvalue weighted by atomic mass is 28.4. The lowest BCUT2D eigenvalue weighted by molar-refractivity contribution is 0.111. The van der Waals surface area contributed by atoms with Crippen LogP contribution in [0.3, 0.4) is 0 Å². The van der Waals surface area contributed by atoms with Crippen LogP contribution in [0.15, 0.2) is 0 Å². The van der Waals surface area contributed by atoms with Crippen LogP contribution in [0.4, 0.5) is 4.79 Å². The molecule has 0 spiro atoms. The zero-order valence-corrected chi connectivity index (χ0v) is 12.9. The maximum atomic E-state index is 11.3. The smallest absolute Gasteiger partial charge is 0.447 e. The van der Waals surface area contributed by atoms with Gasteiger partial charge in [0.1, 0.15) is 12.7 Å². The van der Waals surface area contributed by atoms with Gasteiger partial charge in [0, 0.05) is 33.4 Å². The predicted molar refractivity (Wildman–Crippen MR) is 69.9 cm³/mol. The number of rotatable bonds is 9. The standard InChI is InChI=1S/C11H23NO6Si/c1-9(19(14-2,15-3)16-4)5-6-12-11(13)18-8-10-7-17-10/h9-10H,5-8H2,1-4H3,(H,12,13). The fraction of sp³-hybridized carbons (Fsp3) is 0.909. The number of amides is 1. The van der Waals surface area contributed by atoms with E-state index in [2.05, 4.69) is 5.32 Å². The van der Waals surface area contributed by atoms with Crippen molar-refractivity contribution < 1.29 is 27.5 Å². The van der Waals surface area contributed by atoms with Gasteiger partial charge in [0.25, 0.3) is 0 Å². The van der Waals surface area contributed by atoms with Gasteiger partial charge in [-0.3, -0.25) is 0 Å². The summed E-state index contributed by atoms with van der Waals surface area (Å²) in [5.41, 5.74) is 0.0829. The van der Waals surface area contributed by atoms with Crippen LogP contribution < -0.4 is 5.32 Å². The average molecular weight is 293 g/mol. The zero-order chi connectivity index (χ0) is 14.3. The van der Waals surface area contributed by atoms with Gasteiger partial charge in [-0.1, -0.05) is 6.92 Å². The third kappa shape index (κ3) is 5.07. The van der Waals surface area contributed by atoms with Gasteiger partial charge in [0.15, 0.2) is 0 Å². The molecule has 1 amide bonds. The second kappa shape index (κ2) is 7.80. The highest BCUT2D eigenvalue weighted by Gasteiger charge is 2.44. The molecule has 2 atom stereocenters. The Labute approximate surface area is 114 Å². The average Bonchev–Trinajstić information content (AvgIpc) is 3.23. The molecule has 8 heteroatoms. The highest BCUT2D eigenvalue weighted by Crippen LogP contribution is 2.26. The number of nitrogens with one attached hydrogen (secondary N) is 1. The first kappa shape index (κ1) is 16.4. The predicted octanol–water partition coefficient (Wildman–Crippen LogP) is 0.770. The van der Waals surface area contributed by atoms with Crippen molar-refractivity contribution in [2.24, 2.45) is 0 Å². The number of alkyl carbamates (subject to hydrolysis) is 1. The van der Waals surface area contributed by atoms with E-state index in [1.807, 2.05) is 6.92 Å². The second-order valence-corrected chi connectivity index (χ2v) is 7.80. The molecule has 0 bridgehead atoms. The van der Waals surface area contributed by atoms with E-state index in [1.165, 1.54) is 0 Å². The Morgan fingerprint density at radius 2 is 1.95 bits per heavy atom. The Balaban J connectivity index is 2.20. The number of hydrogen-bond donors (Lipinski definition) is 1. The van der Waals surface area contributed by atoms with Crippen molar-refractivity contribution in [1.82, 2.24) is 5.32 Å². The zero-order valence-electron chi connectivity index (χ0n) is 11.9. The van der Waals surface area contributed by atoms with Gasteiger partial charge in [0.05, 0.1) is 6.61 Å². The van der Waals surface area contributed by atoms with Gasteiger partial charge in [-0.15, -0.1) is 0 Å². The normalized spacial score (nSPS) is 19.9. The van der Waals surface area contributed by atoms with Gasteiger partial charge < -0.3 is 28.1 Å². The number of carbonyl (C=O) groups is 1. The summed E-state index contributed by atoms with van der Waals surface area (Å²) in [6, 6.07) is 0. The molecule has 1 fully saturated rings. The lowest BCUT2D eigenvalue weighted by atomic mass is 10.3. The molecule has 1 rings (SSSR count). The topological polar surface area (TPSA) is 78.5 Å². The Hall–Kier alpha value is -0.673. The van der Waals surface area contributed by atoms with Gasteiger partial charge in [-0.05, 0) is 6.42 Å². The molecule has 0 saturated carbocycles. The van der Waals surface area contributed by atoms with E-state index >= 15 is 0 Å². The maximum Gasteiger partial charge on any atom is 0.503 e. The highest BCUT2D eigenvalue weighted by molar-refractivity contribution is 6.62. The van der Waals surface area contributed by atoms with Crippen molar-refractivity contribution in [3.8, 4) is 0 Å². The molecule has 1 aliphatic rings. The molecule has 0 aliphatic carbocycles. The van der Waals surface area contributed by atoms with Gasteiger partial charge in [-0.2, -0.15) is 0 Å². The minimum Gasteiger partial charge on any atom is -0.447 e. The fourth-order valence-electron chi connectivity index (χ4n) is 1.80. The quantitative estimate of drug-likeness (QED) is 0.500. The first-order valence-electron chi connectivity index (χ1n) is 6.25. The summed E-state index contributed by atoms with van der Waals surface area (Å²) in [6.07, 6.45) is 0.346. The Morgan fingerprint density at radius 3 is 2.42 bits per heavy atom. The summed E-state index contributed by atoms with van der Waals surface area (Å²) in [5, 5.41) is 2.68. The maximum absolute atomic E-state index is 11.3. The number of carbonyl (C=O) groups excluding carboxylic acids is 1. The fourth-order valence-corrected chi connectivity index (χ4v) is 4.01. The van der Waals surface area contributed by atoms with E-state index < -0.39 is 14.9 Å². The van der Waals surface area contributed by atoms with Gasteiger partial charge in [0.2, 0.25) is 0 Å². The number of ether oxygens (including phenoxy) is 2. The van der Waals surface area contributed by atoms with Crippen molar-refractivity contribution in [3.05, 3.63) is 0 Å². The third-order valence-electron chi connectivity index (χ3n) is 3.11. The first-order chi connectivity index (χ1) is 9.07. The summed E-state index contributed by atoms with van der Waals surface area (Å²) < 4.78 is 26.0. The van der Waals surface area contributed by atoms with E-state index in [0.717, 1.165) is 0 Å². The van der Waals surface area contributed by atoms with Gasteiger partial charge >= 0.3 is 14.9 Å². The monoisotopic (exact) mass is 293 g/mol. The van der Waals surface area contributed by atoms with Crippen LogP contribution >= 0.6 is 0 Å². The lowest BCUT2D eigenvalue weighted by Gasteiger charge is -2.30. The van der Waals surface area contributed by atoms with E-state index in [1.54, 1.807) is 21.3 Å². The lowest BCUT2D eigenvalue weighted by Crippen LogP contribution is -2.47. The van der Waals surface area contributed by atoms with Crippen LogP contribution in [0.2, 0.25) is 5.54 Å². The van der Waals surface area contributed by atoms with Crippen LogP contribution in [0.1, 0.15) is 13.3 Å². The molecule has 0 aromatic carbocycles. The first-order valence-corrected chi connectivity index (χ1v) is 8.05. The molecular weight excluding hydrogens is 270 g/mol. The Bertz CT molecular complexity index is 274. The van der Waals surface area contributed by atoms with Crippen molar-refractivity contribution in [2.75, 3.05) is 41.1 Å². The molecule has 19 heavy (non-hydrogen) atoms. The van der Waals surface area contributed by atoms with Crippen LogP contribution in [-0.2, 0) is 22.8 Å². The third-order valence-corrected chi connectivity index (χ3v) is 6.31. The second-order valence-electron chi connectivity index (χ2n) is 4.39. The van der Waals surface area contributed by atoms with Crippen LogP contribution in [0, 0.1) is 0 Å². The summed E-state index contributed by atoms with van der Waals surface area (Å²) in [5.74, 6) is 0. The molecular formula is C11H23NO6Si. The number of hydrogen-bond acceptors (Lipinski definition) is 6. The van der Waals surface area contributed by atoms with E-state index in [4.69, 9.17) is 22.8 Å². The molecule has 1 N–H and O–H groups in total. The summed E-state index contributed by atoms with van der Waals surface area (Å²) in [4.78, 5) is 11.3. The summed E-state index contributed by atoms with van der Waals surface area (Å²) in [7, 11) is 2.10. The van der Waals surface area contributed by atoms with E-state index in [-0.39, 0.29) is 11.6 Å². The molecule has 7 nitrogen and oxygen atoms in total. The SMILES string of the molecule is CO[Si](OC)(OC)C(C)CCNC(=O)OCC1CO1. The minimum atomic E-state index is -2.63. The molecule has 0 aromatic heterocycles. The van der Waals surface area contributed by atoms with Crippen molar-refractivity contribution in [2.45, 2.75) is 25.0 Å². The van der Waals surface area contributed by atoms with Crippen molar-refractivity contribution >= 4 is 14.9 Å². The minimum absolute atomic E-state index is 0.0829. The molecule has 0 radical (unpaired) electrons. The van der Waals surface area contributed by atoms with Crippen molar-refractivity contribution in [3.63, 3.8) is 0 Å². The molecule has 0 aromatic rings. The summed E-state index contributed by atoms with van der Waals surface area (Å²) >= 11 is 0. The molecule has 2 unspecified atom stereocenters. The Kier molecular flexibility index (Phi) is 6.73. The molecule has 1 heterocycles.